The summed E-state index contributed by atoms with van der Waals surface area (Å²) in [7, 11) is 0. The molecule has 0 saturated heterocycles. The molecule has 0 radical (unpaired) electrons. The van der Waals surface area contributed by atoms with Crippen LogP contribution in [0.4, 0.5) is 5.69 Å². The number of rotatable bonds is 7. The molecule has 2 aromatic rings. The fourth-order valence-electron chi connectivity index (χ4n) is 3.11. The standard InChI is InChI=1S/C19H22N2O4/c22-19(14-25-13-15-4-2-1-3-5-15)12-20-9-8-16-6-7-18(21(23)24)10-17(16)11-20/h1-7,10,19,22H,8-9,11-14H2. The first-order valence-corrected chi connectivity index (χ1v) is 8.40. The van der Waals surface area contributed by atoms with Crippen molar-refractivity contribution in [3.05, 3.63) is 75.3 Å². The smallest absolute Gasteiger partial charge is 0.269 e. The van der Waals surface area contributed by atoms with Crippen LogP contribution < -0.4 is 0 Å². The van der Waals surface area contributed by atoms with E-state index in [1.807, 2.05) is 36.4 Å². The fraction of sp³-hybridized carbons (Fsp3) is 0.368. The number of benzene rings is 2. The number of non-ortho nitro benzene ring substituents is 1. The van der Waals surface area contributed by atoms with Gasteiger partial charge < -0.3 is 9.84 Å². The zero-order valence-electron chi connectivity index (χ0n) is 14.0. The highest BCUT2D eigenvalue weighted by Crippen LogP contribution is 2.23. The molecule has 1 aliphatic rings. The molecule has 6 heteroatoms. The molecule has 1 aliphatic heterocycles. The summed E-state index contributed by atoms with van der Waals surface area (Å²) in [5.74, 6) is 0. The number of nitrogens with zero attached hydrogens (tertiary/aromatic N) is 2. The number of hydrogen-bond donors (Lipinski definition) is 1. The van der Waals surface area contributed by atoms with Gasteiger partial charge in [0.15, 0.2) is 0 Å². The first-order valence-electron chi connectivity index (χ1n) is 8.40. The van der Waals surface area contributed by atoms with Crippen LogP contribution in [-0.4, -0.2) is 40.7 Å². The first-order chi connectivity index (χ1) is 12.1. The lowest BCUT2D eigenvalue weighted by atomic mass is 9.99. The number of β-amino-alcohol motifs (C(OH)–C–C–N with tert-alkyl or cyclic N) is 1. The molecule has 2 aromatic carbocycles. The molecule has 0 fully saturated rings. The predicted octanol–water partition coefficient (Wildman–Crippen LogP) is 2.53. The van der Waals surface area contributed by atoms with E-state index >= 15 is 0 Å². The van der Waals surface area contributed by atoms with Gasteiger partial charge in [-0.15, -0.1) is 0 Å². The summed E-state index contributed by atoms with van der Waals surface area (Å²) in [6, 6.07) is 14.9. The highest BCUT2D eigenvalue weighted by molar-refractivity contribution is 5.41. The molecule has 25 heavy (non-hydrogen) atoms. The molecule has 0 aliphatic carbocycles. The maximum Gasteiger partial charge on any atom is 0.269 e. The normalized spacial score (nSPS) is 15.6. The third kappa shape index (κ3) is 4.85. The Kier molecular flexibility index (Phi) is 5.75. The third-order valence-corrected chi connectivity index (χ3v) is 4.38. The Balaban J connectivity index is 1.48. The molecule has 0 saturated carbocycles. The third-order valence-electron chi connectivity index (χ3n) is 4.38. The number of hydrogen-bond acceptors (Lipinski definition) is 5. The molecule has 0 amide bonds. The van der Waals surface area contributed by atoms with E-state index in [4.69, 9.17) is 4.74 Å². The second kappa shape index (κ2) is 8.20. The highest BCUT2D eigenvalue weighted by atomic mass is 16.6. The van der Waals surface area contributed by atoms with Crippen molar-refractivity contribution in [2.75, 3.05) is 19.7 Å². The minimum Gasteiger partial charge on any atom is -0.389 e. The minimum atomic E-state index is -0.580. The van der Waals surface area contributed by atoms with Crippen LogP contribution in [0, 0.1) is 10.1 Å². The van der Waals surface area contributed by atoms with Gasteiger partial charge in [0, 0.05) is 31.8 Å². The lowest BCUT2D eigenvalue weighted by Crippen LogP contribution is -2.38. The van der Waals surface area contributed by atoms with Crippen molar-refractivity contribution in [3.63, 3.8) is 0 Å². The van der Waals surface area contributed by atoms with E-state index in [-0.39, 0.29) is 17.2 Å². The Morgan fingerprint density at radius 3 is 2.76 bits per heavy atom. The average Bonchev–Trinajstić information content (AvgIpc) is 2.62. The van der Waals surface area contributed by atoms with Gasteiger partial charge in [0.1, 0.15) is 0 Å². The van der Waals surface area contributed by atoms with Gasteiger partial charge in [-0.25, -0.2) is 0 Å². The predicted molar refractivity (Wildman–Crippen MR) is 94.2 cm³/mol. The zero-order chi connectivity index (χ0) is 17.6. The molecule has 1 heterocycles. The lowest BCUT2D eigenvalue weighted by Gasteiger charge is -2.30. The van der Waals surface area contributed by atoms with Gasteiger partial charge in [0.05, 0.1) is 24.2 Å². The SMILES string of the molecule is O=[N+]([O-])c1ccc2c(c1)CN(CC(O)COCc1ccccc1)CC2. The van der Waals surface area contributed by atoms with Crippen LogP contribution in [0.2, 0.25) is 0 Å². The van der Waals surface area contributed by atoms with Crippen LogP contribution >= 0.6 is 0 Å². The number of nitro groups is 1. The van der Waals surface area contributed by atoms with Gasteiger partial charge >= 0.3 is 0 Å². The summed E-state index contributed by atoms with van der Waals surface area (Å²) < 4.78 is 5.58. The Labute approximate surface area is 146 Å². The topological polar surface area (TPSA) is 75.8 Å². The van der Waals surface area contributed by atoms with Crippen molar-refractivity contribution in [3.8, 4) is 0 Å². The number of aliphatic hydroxyl groups is 1. The van der Waals surface area contributed by atoms with Crippen molar-refractivity contribution < 1.29 is 14.8 Å². The van der Waals surface area contributed by atoms with Crippen LogP contribution in [0.15, 0.2) is 48.5 Å². The fourth-order valence-corrected chi connectivity index (χ4v) is 3.11. The summed E-state index contributed by atoms with van der Waals surface area (Å²) in [5.41, 5.74) is 3.32. The van der Waals surface area contributed by atoms with Crippen molar-refractivity contribution >= 4 is 5.69 Å². The van der Waals surface area contributed by atoms with Gasteiger partial charge in [0.25, 0.3) is 5.69 Å². The maximum absolute atomic E-state index is 10.9. The molecule has 1 atom stereocenters. The lowest BCUT2D eigenvalue weighted by molar-refractivity contribution is -0.385. The molecule has 1 unspecified atom stereocenters. The van der Waals surface area contributed by atoms with Crippen LogP contribution in [0.25, 0.3) is 0 Å². The summed E-state index contributed by atoms with van der Waals surface area (Å²) in [4.78, 5) is 12.7. The second-order valence-corrected chi connectivity index (χ2v) is 6.35. The summed E-state index contributed by atoms with van der Waals surface area (Å²) in [5, 5.41) is 21.1. The van der Waals surface area contributed by atoms with Gasteiger partial charge in [-0.05, 0) is 23.1 Å². The Morgan fingerprint density at radius 1 is 1.20 bits per heavy atom. The molecule has 132 valence electrons. The van der Waals surface area contributed by atoms with Crippen molar-refractivity contribution in [1.82, 2.24) is 4.90 Å². The van der Waals surface area contributed by atoms with E-state index < -0.39 is 6.10 Å². The van der Waals surface area contributed by atoms with E-state index in [1.54, 1.807) is 12.1 Å². The summed E-state index contributed by atoms with van der Waals surface area (Å²) in [6.45, 7) is 2.70. The van der Waals surface area contributed by atoms with Crippen molar-refractivity contribution in [2.24, 2.45) is 0 Å². The van der Waals surface area contributed by atoms with Crippen LogP contribution in [0.5, 0.6) is 0 Å². The van der Waals surface area contributed by atoms with E-state index in [2.05, 4.69) is 4.90 Å². The van der Waals surface area contributed by atoms with Crippen molar-refractivity contribution in [1.29, 1.82) is 0 Å². The van der Waals surface area contributed by atoms with E-state index in [1.165, 1.54) is 0 Å². The van der Waals surface area contributed by atoms with Gasteiger partial charge in [0.2, 0.25) is 0 Å². The molecule has 0 aromatic heterocycles. The monoisotopic (exact) mass is 342 g/mol. The van der Waals surface area contributed by atoms with E-state index in [0.29, 0.717) is 19.7 Å². The molecule has 1 N–H and O–H groups in total. The summed E-state index contributed by atoms with van der Waals surface area (Å²) >= 11 is 0. The number of fused-ring (bicyclic) bond motifs is 1. The first kappa shape index (κ1) is 17.5. The number of ether oxygens (including phenoxy) is 1. The van der Waals surface area contributed by atoms with Gasteiger partial charge in [-0.2, -0.15) is 0 Å². The zero-order valence-corrected chi connectivity index (χ0v) is 14.0. The van der Waals surface area contributed by atoms with Gasteiger partial charge in [-0.1, -0.05) is 36.4 Å². The molecule has 3 rings (SSSR count). The maximum atomic E-state index is 10.9. The quantitative estimate of drug-likeness (QED) is 0.618. The summed E-state index contributed by atoms with van der Waals surface area (Å²) in [6.07, 6.45) is 0.259. The Morgan fingerprint density at radius 2 is 2.00 bits per heavy atom. The molecule has 6 nitrogen and oxygen atoms in total. The number of nitro benzene ring substituents is 1. The minimum absolute atomic E-state index is 0.118. The second-order valence-electron chi connectivity index (χ2n) is 6.35. The van der Waals surface area contributed by atoms with Crippen LogP contribution in [0.3, 0.4) is 0 Å². The van der Waals surface area contributed by atoms with Crippen LogP contribution in [0.1, 0.15) is 16.7 Å². The number of aliphatic hydroxyl groups excluding tert-OH is 1. The average molecular weight is 342 g/mol. The van der Waals surface area contributed by atoms with E-state index in [9.17, 15) is 15.2 Å². The largest absolute Gasteiger partial charge is 0.389 e. The van der Waals surface area contributed by atoms with Crippen LogP contribution in [-0.2, 0) is 24.3 Å². The molecular weight excluding hydrogens is 320 g/mol. The Hall–Kier alpha value is -2.28. The molecule has 0 bridgehead atoms. The van der Waals surface area contributed by atoms with E-state index in [0.717, 1.165) is 29.7 Å². The Bertz CT molecular complexity index is 721. The van der Waals surface area contributed by atoms with Crippen molar-refractivity contribution in [2.45, 2.75) is 25.7 Å². The molecular formula is C19H22N2O4. The molecule has 0 spiro atoms. The van der Waals surface area contributed by atoms with Gasteiger partial charge in [-0.3, -0.25) is 15.0 Å². The highest BCUT2D eigenvalue weighted by Gasteiger charge is 2.21.